The van der Waals surface area contributed by atoms with Gasteiger partial charge < -0.3 is 0 Å². The summed E-state index contributed by atoms with van der Waals surface area (Å²) in [5.74, 6) is 2.01. The van der Waals surface area contributed by atoms with Crippen LogP contribution in [0, 0.1) is 11.8 Å². The topological polar surface area (TPSA) is 0 Å². The zero-order valence-electron chi connectivity index (χ0n) is 7.98. The average Bonchev–Trinajstić information content (AvgIpc) is 1.99. The van der Waals surface area contributed by atoms with Crippen molar-refractivity contribution in [2.75, 3.05) is 0 Å². The predicted octanol–water partition coefficient (Wildman–Crippen LogP) is 2.50. The smallest absolute Gasteiger partial charge is 0.0985 e. The molecule has 1 heteroatoms. The summed E-state index contributed by atoms with van der Waals surface area (Å²) in [6, 6.07) is 0. The molecule has 0 N–H and O–H groups in total. The van der Waals surface area contributed by atoms with E-state index >= 15 is 0 Å². The van der Waals surface area contributed by atoms with Gasteiger partial charge in [-0.05, 0) is 5.92 Å². The third-order valence-electron chi connectivity index (χ3n) is 2.63. The summed E-state index contributed by atoms with van der Waals surface area (Å²) in [4.78, 5) is 0. The fraction of sp³-hybridized carbons (Fsp3) is 1.00. The molecule has 2 atom stereocenters. The summed E-state index contributed by atoms with van der Waals surface area (Å²) >= 11 is 1.38. The van der Waals surface area contributed by atoms with Crippen molar-refractivity contribution >= 4 is 16.3 Å². The van der Waals surface area contributed by atoms with Gasteiger partial charge in [0.15, 0.2) is 0 Å². The molecule has 0 bridgehead atoms. The number of hydrogen-bond donors (Lipinski definition) is 0. The summed E-state index contributed by atoms with van der Waals surface area (Å²) in [5.41, 5.74) is 0. The Balaban J connectivity index is 3.56. The molecule has 0 amide bonds. The molecule has 0 radical (unpaired) electrons. The first kappa shape index (κ1) is 10.5. The standard InChI is InChI=1S/C9H19.Al.2H/c1-5-7-9(6-2)8(3)4;;;/h8-9H,3,5-7H2,1-2,4H3;;;. The lowest BCUT2D eigenvalue weighted by molar-refractivity contribution is 0.346. The van der Waals surface area contributed by atoms with Gasteiger partial charge in [0, 0.05) is 0 Å². The molecule has 0 fully saturated rings. The van der Waals surface area contributed by atoms with Gasteiger partial charge in [0.05, 0.1) is 0 Å². The Morgan fingerprint density at radius 1 is 1.30 bits per heavy atom. The zero-order chi connectivity index (χ0) is 7.98. The Kier molecular flexibility index (Phi) is 6.59. The molecule has 0 saturated heterocycles. The van der Waals surface area contributed by atoms with E-state index in [0.717, 1.165) is 11.8 Å². The molecular formula is C9H21Al. The normalized spacial score (nSPS) is 16.7. The number of hydrogen-bond acceptors (Lipinski definition) is 0. The Labute approximate surface area is 73.8 Å². The van der Waals surface area contributed by atoms with Gasteiger partial charge in [-0.25, -0.2) is 0 Å². The fourth-order valence-corrected chi connectivity index (χ4v) is 2.26. The van der Waals surface area contributed by atoms with Crippen LogP contribution in [-0.2, 0) is 0 Å². The molecule has 0 aliphatic heterocycles. The zero-order valence-corrected chi connectivity index (χ0v) is 9.98. The molecule has 0 aromatic rings. The minimum absolute atomic E-state index is 0.997. The van der Waals surface area contributed by atoms with Crippen molar-refractivity contribution in [1.82, 2.24) is 0 Å². The highest BCUT2D eigenvalue weighted by atomic mass is 27.0. The van der Waals surface area contributed by atoms with Gasteiger partial charge in [0.25, 0.3) is 0 Å². The maximum absolute atomic E-state index is 2.41. The van der Waals surface area contributed by atoms with E-state index in [9.17, 15) is 0 Å². The van der Waals surface area contributed by atoms with E-state index in [4.69, 9.17) is 0 Å². The highest BCUT2D eigenvalue weighted by Gasteiger charge is 2.11. The van der Waals surface area contributed by atoms with Crippen LogP contribution in [0.15, 0.2) is 0 Å². The second kappa shape index (κ2) is 6.26. The van der Waals surface area contributed by atoms with E-state index in [-0.39, 0.29) is 0 Å². The first-order valence-electron chi connectivity index (χ1n) is 4.76. The van der Waals surface area contributed by atoms with E-state index in [0.29, 0.717) is 0 Å². The molecule has 0 spiro atoms. The van der Waals surface area contributed by atoms with Crippen molar-refractivity contribution in [3.8, 4) is 0 Å². The maximum atomic E-state index is 2.41. The summed E-state index contributed by atoms with van der Waals surface area (Å²) in [5, 5.41) is 1.48. The first-order valence-corrected chi connectivity index (χ1v) is 6.17. The third kappa shape index (κ3) is 3.64. The van der Waals surface area contributed by atoms with Crippen LogP contribution in [0.5, 0.6) is 0 Å². The molecule has 0 nitrogen and oxygen atoms in total. The van der Waals surface area contributed by atoms with Crippen LogP contribution in [0.4, 0.5) is 0 Å². The fourth-order valence-electron chi connectivity index (χ4n) is 1.60. The van der Waals surface area contributed by atoms with Gasteiger partial charge in [-0.3, -0.25) is 0 Å². The molecule has 0 aromatic heterocycles. The lowest BCUT2D eigenvalue weighted by atomic mass is 9.89. The van der Waals surface area contributed by atoms with Crippen LogP contribution in [0.25, 0.3) is 0 Å². The van der Waals surface area contributed by atoms with Crippen LogP contribution in [-0.4, -0.2) is 16.3 Å². The third-order valence-corrected chi connectivity index (χ3v) is 3.92. The summed E-state index contributed by atoms with van der Waals surface area (Å²) < 4.78 is 0. The van der Waals surface area contributed by atoms with Crippen molar-refractivity contribution < 1.29 is 0 Å². The molecule has 0 aliphatic carbocycles. The van der Waals surface area contributed by atoms with Gasteiger partial charge in [0.2, 0.25) is 16.3 Å². The second-order valence-electron chi connectivity index (χ2n) is 3.34. The highest BCUT2D eigenvalue weighted by molar-refractivity contribution is 6.08. The summed E-state index contributed by atoms with van der Waals surface area (Å²) in [7, 11) is 0. The molecule has 0 rings (SSSR count). The number of rotatable bonds is 5. The van der Waals surface area contributed by atoms with Crippen molar-refractivity contribution in [1.29, 1.82) is 0 Å². The van der Waals surface area contributed by atoms with Gasteiger partial charge >= 0.3 is 0 Å². The molecule has 0 saturated carbocycles. The lowest BCUT2D eigenvalue weighted by Gasteiger charge is -2.20. The van der Waals surface area contributed by atoms with Gasteiger partial charge in [-0.1, -0.05) is 51.2 Å². The van der Waals surface area contributed by atoms with Crippen LogP contribution >= 0.6 is 0 Å². The van der Waals surface area contributed by atoms with E-state index in [1.807, 2.05) is 0 Å². The Morgan fingerprint density at radius 2 is 1.90 bits per heavy atom. The molecule has 60 valence electrons. The molecular weight excluding hydrogens is 135 g/mol. The van der Waals surface area contributed by atoms with Gasteiger partial charge in [-0.15, -0.1) is 0 Å². The van der Waals surface area contributed by atoms with Crippen molar-refractivity contribution in [3.05, 3.63) is 0 Å². The summed E-state index contributed by atoms with van der Waals surface area (Å²) in [6.07, 6.45) is 4.20. The highest BCUT2D eigenvalue weighted by Crippen LogP contribution is 2.22. The van der Waals surface area contributed by atoms with E-state index in [1.165, 1.54) is 40.8 Å². The molecule has 0 aliphatic rings. The van der Waals surface area contributed by atoms with Crippen LogP contribution in [0.3, 0.4) is 0 Å². The van der Waals surface area contributed by atoms with Crippen molar-refractivity contribution in [2.24, 2.45) is 11.8 Å². The van der Waals surface area contributed by atoms with Crippen molar-refractivity contribution in [3.63, 3.8) is 0 Å². The van der Waals surface area contributed by atoms with E-state index < -0.39 is 0 Å². The van der Waals surface area contributed by atoms with Crippen LogP contribution < -0.4 is 0 Å². The molecule has 2 unspecified atom stereocenters. The van der Waals surface area contributed by atoms with Crippen LogP contribution in [0.1, 0.15) is 40.0 Å². The lowest BCUT2D eigenvalue weighted by Crippen LogP contribution is -2.09. The Hall–Kier alpha value is 0.532. The second-order valence-corrected chi connectivity index (χ2v) is 4.16. The van der Waals surface area contributed by atoms with E-state index in [1.54, 1.807) is 0 Å². The first-order chi connectivity index (χ1) is 4.76. The van der Waals surface area contributed by atoms with Crippen LogP contribution in [0.2, 0.25) is 5.28 Å². The minimum Gasteiger partial charge on any atom is -0.0985 e. The molecule has 0 heterocycles. The largest absolute Gasteiger partial charge is 0.212 e. The summed E-state index contributed by atoms with van der Waals surface area (Å²) in [6.45, 7) is 7.04. The van der Waals surface area contributed by atoms with Gasteiger partial charge in [0.1, 0.15) is 0 Å². The van der Waals surface area contributed by atoms with Crippen molar-refractivity contribution in [2.45, 2.75) is 45.3 Å². The Morgan fingerprint density at radius 3 is 2.20 bits per heavy atom. The van der Waals surface area contributed by atoms with E-state index in [2.05, 4.69) is 20.8 Å². The SMILES string of the molecule is CCCC(CC)C(C)[CH2][AlH2]. The maximum Gasteiger partial charge on any atom is 0.212 e. The molecule has 0 aromatic carbocycles. The predicted molar refractivity (Wildman–Crippen MR) is 51.2 cm³/mol. The monoisotopic (exact) mass is 156 g/mol. The van der Waals surface area contributed by atoms with Gasteiger partial charge in [-0.2, -0.15) is 0 Å². The average molecular weight is 156 g/mol. The Bertz CT molecular complexity index is 71.1. The quantitative estimate of drug-likeness (QED) is 0.536. The molecule has 10 heavy (non-hydrogen) atoms. The minimum atomic E-state index is 0.997.